The van der Waals surface area contributed by atoms with Crippen LogP contribution in [0.1, 0.15) is 35.4 Å². The number of benzene rings is 1. The highest BCUT2D eigenvalue weighted by Crippen LogP contribution is 2.16. The van der Waals surface area contributed by atoms with E-state index in [1.165, 1.54) is 24.3 Å². The Labute approximate surface area is 146 Å². The average molecular weight is 363 g/mol. The third-order valence-corrected chi connectivity index (χ3v) is 5.72. The van der Waals surface area contributed by atoms with Crippen LogP contribution in [0, 0.1) is 0 Å². The number of rotatable bonds is 6. The highest BCUT2D eigenvalue weighted by atomic mass is 32.2. The molecule has 134 valence electrons. The summed E-state index contributed by atoms with van der Waals surface area (Å²) in [6, 6.07) is 5.93. The van der Waals surface area contributed by atoms with E-state index in [2.05, 4.69) is 19.5 Å². The van der Waals surface area contributed by atoms with Crippen molar-refractivity contribution >= 4 is 15.9 Å². The van der Waals surface area contributed by atoms with Crippen LogP contribution in [-0.2, 0) is 29.5 Å². The van der Waals surface area contributed by atoms with Gasteiger partial charge in [-0.2, -0.15) is 0 Å². The highest BCUT2D eigenvalue weighted by Gasteiger charge is 2.21. The van der Waals surface area contributed by atoms with Gasteiger partial charge in [-0.15, -0.1) is 10.2 Å². The minimum atomic E-state index is -3.52. The van der Waals surface area contributed by atoms with Crippen LogP contribution in [0.3, 0.4) is 0 Å². The predicted molar refractivity (Wildman–Crippen MR) is 91.4 cm³/mol. The molecule has 0 radical (unpaired) electrons. The second-order valence-corrected chi connectivity index (χ2v) is 7.74. The summed E-state index contributed by atoms with van der Waals surface area (Å²) >= 11 is 0. The van der Waals surface area contributed by atoms with Gasteiger partial charge in [-0.1, -0.05) is 6.92 Å². The van der Waals surface area contributed by atoms with Gasteiger partial charge >= 0.3 is 0 Å². The molecule has 0 fully saturated rings. The van der Waals surface area contributed by atoms with Crippen LogP contribution in [0.2, 0.25) is 0 Å². The molecule has 1 amide bonds. The van der Waals surface area contributed by atoms with E-state index in [0.29, 0.717) is 18.7 Å². The maximum absolute atomic E-state index is 12.6. The smallest absolute Gasteiger partial charge is 0.254 e. The Kier molecular flexibility index (Phi) is 4.87. The number of hydrogen-bond acceptors (Lipinski definition) is 5. The van der Waals surface area contributed by atoms with Gasteiger partial charge in [0.05, 0.1) is 11.4 Å². The summed E-state index contributed by atoms with van der Waals surface area (Å²) < 4.78 is 28.4. The lowest BCUT2D eigenvalue weighted by atomic mass is 10.2. The topological polar surface area (TPSA) is 97.2 Å². The van der Waals surface area contributed by atoms with Crippen molar-refractivity contribution in [2.75, 3.05) is 13.6 Å². The Bertz CT molecular complexity index is 874. The van der Waals surface area contributed by atoms with Crippen LogP contribution in [0.4, 0.5) is 0 Å². The minimum absolute atomic E-state index is 0.142. The fourth-order valence-electron chi connectivity index (χ4n) is 2.88. The standard InChI is InChI=1S/C16H21N5O3S/c1-3-17-25(23,24)13-8-6-12(7-9-13)16(22)20(2)11-15-19-18-14-5-4-10-21(14)15/h6-9,17H,3-5,10-11H2,1-2H3. The number of aromatic nitrogens is 3. The van der Waals surface area contributed by atoms with Crippen molar-refractivity contribution in [3.8, 4) is 0 Å². The Morgan fingerprint density at radius 2 is 2.00 bits per heavy atom. The number of fused-ring (bicyclic) bond motifs is 1. The number of nitrogens with one attached hydrogen (secondary N) is 1. The monoisotopic (exact) mass is 363 g/mol. The summed E-state index contributed by atoms with van der Waals surface area (Å²) in [4.78, 5) is 14.3. The van der Waals surface area contributed by atoms with Gasteiger partial charge in [0.2, 0.25) is 10.0 Å². The Hall–Kier alpha value is -2.26. The van der Waals surface area contributed by atoms with E-state index in [1.807, 2.05) is 0 Å². The summed E-state index contributed by atoms with van der Waals surface area (Å²) in [7, 11) is -1.82. The molecule has 25 heavy (non-hydrogen) atoms. The number of nitrogens with zero attached hydrogens (tertiary/aromatic N) is 4. The summed E-state index contributed by atoms with van der Waals surface area (Å²) in [5.41, 5.74) is 0.430. The number of hydrogen-bond donors (Lipinski definition) is 1. The third-order valence-electron chi connectivity index (χ3n) is 4.16. The zero-order valence-corrected chi connectivity index (χ0v) is 15.1. The molecule has 0 atom stereocenters. The number of amides is 1. The molecule has 8 nitrogen and oxygen atoms in total. The average Bonchev–Trinajstić information content (AvgIpc) is 3.19. The van der Waals surface area contributed by atoms with Crippen molar-refractivity contribution in [3.05, 3.63) is 41.5 Å². The van der Waals surface area contributed by atoms with E-state index < -0.39 is 10.0 Å². The lowest BCUT2D eigenvalue weighted by molar-refractivity contribution is 0.0780. The maximum atomic E-state index is 12.6. The highest BCUT2D eigenvalue weighted by molar-refractivity contribution is 7.89. The van der Waals surface area contributed by atoms with Crippen molar-refractivity contribution < 1.29 is 13.2 Å². The quantitative estimate of drug-likeness (QED) is 0.818. The number of carbonyl (C=O) groups excluding carboxylic acids is 1. The zero-order chi connectivity index (χ0) is 18.0. The molecule has 0 saturated heterocycles. The number of aryl methyl sites for hydroxylation is 1. The molecule has 9 heteroatoms. The molecule has 1 aliphatic rings. The largest absolute Gasteiger partial charge is 0.334 e. The summed E-state index contributed by atoms with van der Waals surface area (Å²) in [6.45, 7) is 3.28. The van der Waals surface area contributed by atoms with Crippen molar-refractivity contribution in [1.82, 2.24) is 24.4 Å². The number of carbonyl (C=O) groups is 1. The van der Waals surface area contributed by atoms with Crippen LogP contribution in [-0.4, -0.2) is 47.6 Å². The molecule has 0 spiro atoms. The van der Waals surface area contributed by atoms with Gasteiger partial charge < -0.3 is 9.47 Å². The Balaban J connectivity index is 1.72. The van der Waals surface area contributed by atoms with E-state index in [0.717, 1.165) is 31.0 Å². The molecule has 0 aliphatic carbocycles. The van der Waals surface area contributed by atoms with Crippen LogP contribution < -0.4 is 4.72 Å². The van der Waals surface area contributed by atoms with Crippen molar-refractivity contribution in [1.29, 1.82) is 0 Å². The van der Waals surface area contributed by atoms with Gasteiger partial charge in [-0.3, -0.25) is 4.79 Å². The van der Waals surface area contributed by atoms with Gasteiger partial charge in [-0.05, 0) is 30.7 Å². The Morgan fingerprint density at radius 3 is 2.68 bits per heavy atom. The molecule has 2 aromatic rings. The molecule has 0 bridgehead atoms. The lowest BCUT2D eigenvalue weighted by Crippen LogP contribution is -2.28. The SMILES string of the molecule is CCNS(=O)(=O)c1ccc(C(=O)N(C)Cc2nnc3n2CCC3)cc1. The molecule has 1 aliphatic heterocycles. The molecule has 1 aromatic heterocycles. The van der Waals surface area contributed by atoms with Gasteiger partial charge in [0.1, 0.15) is 5.82 Å². The Morgan fingerprint density at radius 1 is 1.28 bits per heavy atom. The first-order chi connectivity index (χ1) is 11.9. The summed E-state index contributed by atoms with van der Waals surface area (Å²) in [5.74, 6) is 1.55. The minimum Gasteiger partial charge on any atom is -0.334 e. The second kappa shape index (κ2) is 6.93. The van der Waals surface area contributed by atoms with Gasteiger partial charge in [0.15, 0.2) is 5.82 Å². The number of sulfonamides is 1. The van der Waals surface area contributed by atoms with Crippen molar-refractivity contribution in [2.24, 2.45) is 0 Å². The fraction of sp³-hybridized carbons (Fsp3) is 0.438. The zero-order valence-electron chi connectivity index (χ0n) is 14.3. The first-order valence-corrected chi connectivity index (χ1v) is 9.67. The normalized spacial score (nSPS) is 13.7. The second-order valence-electron chi connectivity index (χ2n) is 5.97. The molecular formula is C16H21N5O3S. The van der Waals surface area contributed by atoms with Crippen LogP contribution in [0.25, 0.3) is 0 Å². The third kappa shape index (κ3) is 3.57. The lowest BCUT2D eigenvalue weighted by Gasteiger charge is -2.17. The fourth-order valence-corrected chi connectivity index (χ4v) is 3.92. The van der Waals surface area contributed by atoms with E-state index in [4.69, 9.17) is 0 Å². The molecule has 1 N–H and O–H groups in total. The predicted octanol–water partition coefficient (Wildman–Crippen LogP) is 0.795. The van der Waals surface area contributed by atoms with Crippen molar-refractivity contribution in [2.45, 2.75) is 37.8 Å². The van der Waals surface area contributed by atoms with E-state index in [1.54, 1.807) is 18.9 Å². The van der Waals surface area contributed by atoms with E-state index >= 15 is 0 Å². The van der Waals surface area contributed by atoms with Gasteiger partial charge in [-0.25, -0.2) is 13.1 Å². The first-order valence-electron chi connectivity index (χ1n) is 8.18. The van der Waals surface area contributed by atoms with E-state index in [9.17, 15) is 13.2 Å². The first kappa shape index (κ1) is 17.6. The molecule has 0 saturated carbocycles. The van der Waals surface area contributed by atoms with Gasteiger partial charge in [0, 0.05) is 32.1 Å². The maximum Gasteiger partial charge on any atom is 0.254 e. The molecule has 1 aromatic carbocycles. The van der Waals surface area contributed by atoms with Crippen molar-refractivity contribution in [3.63, 3.8) is 0 Å². The molecule has 3 rings (SSSR count). The summed E-state index contributed by atoms with van der Waals surface area (Å²) in [5, 5.41) is 8.29. The van der Waals surface area contributed by atoms with E-state index in [-0.39, 0.29) is 10.8 Å². The molecule has 0 unspecified atom stereocenters. The molecular weight excluding hydrogens is 342 g/mol. The molecule has 2 heterocycles. The van der Waals surface area contributed by atoms with Crippen LogP contribution in [0.15, 0.2) is 29.2 Å². The van der Waals surface area contributed by atoms with Gasteiger partial charge in [0.25, 0.3) is 5.91 Å². The van der Waals surface area contributed by atoms with Crippen LogP contribution in [0.5, 0.6) is 0 Å². The summed E-state index contributed by atoms with van der Waals surface area (Å²) in [6.07, 6.45) is 1.98. The van der Waals surface area contributed by atoms with Crippen LogP contribution >= 0.6 is 0 Å².